The van der Waals surface area contributed by atoms with Gasteiger partial charge in [-0.2, -0.15) is 0 Å². The quantitative estimate of drug-likeness (QED) is 0.394. The molecule has 10 nitrogen and oxygen atoms in total. The Morgan fingerprint density at radius 2 is 2.02 bits per heavy atom. The van der Waals surface area contributed by atoms with Crippen molar-refractivity contribution in [3.8, 4) is 5.75 Å². The molecule has 0 bridgehead atoms. The molecule has 0 aliphatic carbocycles. The van der Waals surface area contributed by atoms with E-state index in [2.05, 4.69) is 15.3 Å². The van der Waals surface area contributed by atoms with Gasteiger partial charge < -0.3 is 19.7 Å². The molecule has 1 amide bonds. The van der Waals surface area contributed by atoms with Crippen LogP contribution >= 0.6 is 0 Å². The number of hydrogen-bond acceptors (Lipinski definition) is 9. The number of halogens is 2. The van der Waals surface area contributed by atoms with Gasteiger partial charge in [-0.1, -0.05) is 0 Å². The number of nitrogens with one attached hydrogen (secondary N) is 1. The number of pyridine rings is 3. The lowest BCUT2D eigenvalue weighted by molar-refractivity contribution is 0.0938. The van der Waals surface area contributed by atoms with E-state index in [4.69, 9.17) is 14.5 Å². The van der Waals surface area contributed by atoms with Gasteiger partial charge in [0.15, 0.2) is 11.6 Å². The van der Waals surface area contributed by atoms with Crippen LogP contribution in [0.4, 0.5) is 20.4 Å². The molecule has 6 rings (SSSR count). The van der Waals surface area contributed by atoms with Gasteiger partial charge in [-0.05, 0) is 48.9 Å². The van der Waals surface area contributed by atoms with Crippen molar-refractivity contribution in [1.29, 1.82) is 0 Å². The Morgan fingerprint density at radius 3 is 2.88 bits per heavy atom. The van der Waals surface area contributed by atoms with Gasteiger partial charge in [-0.15, -0.1) is 0 Å². The van der Waals surface area contributed by atoms with Gasteiger partial charge in [0.05, 0.1) is 42.4 Å². The van der Waals surface area contributed by atoms with Crippen molar-refractivity contribution in [2.45, 2.75) is 30.5 Å². The molecule has 206 valence electrons. The monoisotopic (exact) mass is 567 g/mol. The molecule has 0 saturated carbocycles. The number of nitrogens with zero attached hydrogens (tertiary/aromatic N) is 4. The average molecular weight is 568 g/mol. The highest BCUT2D eigenvalue weighted by Gasteiger charge is 2.35. The fraction of sp³-hybridized carbons (Fsp3) is 0.259. The lowest BCUT2D eigenvalue weighted by atomic mass is 10.1. The summed E-state index contributed by atoms with van der Waals surface area (Å²) in [7, 11) is -4.51. The smallest absolute Gasteiger partial charge is 0.251 e. The van der Waals surface area contributed by atoms with E-state index in [1.165, 1.54) is 0 Å². The Kier molecular flexibility index (Phi) is 6.55. The first-order valence-electron chi connectivity index (χ1n) is 12.4. The highest BCUT2D eigenvalue weighted by Crippen LogP contribution is 2.35. The number of carbonyl (C=O) groups excluding carboxylic acids is 1. The number of hydrogen-bond donors (Lipinski definition) is 1. The number of sulfone groups is 1. The van der Waals surface area contributed by atoms with Crippen LogP contribution in [-0.4, -0.2) is 54.5 Å². The number of aromatic nitrogens is 3. The van der Waals surface area contributed by atoms with Gasteiger partial charge >= 0.3 is 0 Å². The highest BCUT2D eigenvalue weighted by atomic mass is 32.2. The Bertz CT molecular complexity index is 1770. The van der Waals surface area contributed by atoms with Crippen LogP contribution < -0.4 is 15.0 Å². The van der Waals surface area contributed by atoms with E-state index in [1.54, 1.807) is 18.5 Å². The third-order valence-corrected chi connectivity index (χ3v) is 8.46. The summed E-state index contributed by atoms with van der Waals surface area (Å²) in [6, 6.07) is 9.28. The molecule has 2 aliphatic rings. The predicted octanol–water partition coefficient (Wildman–Crippen LogP) is 3.53. The van der Waals surface area contributed by atoms with Gasteiger partial charge in [-0.25, -0.2) is 27.2 Å². The van der Waals surface area contributed by atoms with Crippen molar-refractivity contribution in [2.75, 3.05) is 24.7 Å². The molecule has 40 heavy (non-hydrogen) atoms. The van der Waals surface area contributed by atoms with E-state index in [1.807, 2.05) is 30.0 Å². The maximum absolute atomic E-state index is 14.7. The molecule has 4 aromatic rings. The van der Waals surface area contributed by atoms with Gasteiger partial charge in [0.25, 0.3) is 5.91 Å². The zero-order valence-corrected chi connectivity index (χ0v) is 22.0. The minimum atomic E-state index is -4.51. The van der Waals surface area contributed by atoms with Crippen LogP contribution in [0.3, 0.4) is 0 Å². The van der Waals surface area contributed by atoms with Crippen LogP contribution in [0, 0.1) is 12.7 Å². The molecule has 1 atom stereocenters. The van der Waals surface area contributed by atoms with E-state index in [0.29, 0.717) is 41.7 Å². The van der Waals surface area contributed by atoms with E-state index < -0.39 is 45.2 Å². The summed E-state index contributed by atoms with van der Waals surface area (Å²) in [5.41, 5.74) is -0.821. The van der Waals surface area contributed by atoms with Gasteiger partial charge in [-0.3, -0.25) is 9.78 Å². The summed E-state index contributed by atoms with van der Waals surface area (Å²) in [6.45, 7) is 1.83. The van der Waals surface area contributed by atoms with Crippen molar-refractivity contribution in [3.63, 3.8) is 0 Å². The second-order valence-corrected chi connectivity index (χ2v) is 11.5. The standard InChI is InChI=1S/C27H23F2N5O5S/c1-15-6-22-26(31-10-15)34(4-5-39-22)25-3-2-16-11-30-18(9-21(16)33-25)12-32-27(35)17-7-20(28)19-13-38-14-24(29)40(36,37)23(19)8-17/h2-3,6-11,24H,4-5,12-14H2,1H3,(H,32,35)/t24-/m1/s1. The van der Waals surface area contributed by atoms with Gasteiger partial charge in [0, 0.05) is 28.9 Å². The highest BCUT2D eigenvalue weighted by molar-refractivity contribution is 7.92. The molecule has 0 radical (unpaired) electrons. The largest absolute Gasteiger partial charge is 0.488 e. The third-order valence-electron chi connectivity index (χ3n) is 6.68. The molecule has 13 heteroatoms. The molecule has 0 unspecified atom stereocenters. The lowest BCUT2D eigenvalue weighted by Gasteiger charge is -2.29. The van der Waals surface area contributed by atoms with Crippen LogP contribution in [0.2, 0.25) is 0 Å². The van der Waals surface area contributed by atoms with Crippen molar-refractivity contribution < 1.29 is 31.5 Å². The van der Waals surface area contributed by atoms with Crippen molar-refractivity contribution in [3.05, 3.63) is 77.0 Å². The molecular weight excluding hydrogens is 544 g/mol. The number of alkyl halides is 1. The fourth-order valence-electron chi connectivity index (χ4n) is 4.60. The van der Waals surface area contributed by atoms with E-state index in [-0.39, 0.29) is 17.7 Å². The number of rotatable bonds is 4. The SMILES string of the molecule is Cc1cnc2c(c1)OCCN2c1ccc2cnc(CNC(=O)c3cc(F)c4c(c3)S(=O)(=O)[C@@H](F)COC4)cc2n1. The van der Waals surface area contributed by atoms with Crippen LogP contribution in [-0.2, 0) is 27.7 Å². The number of fused-ring (bicyclic) bond motifs is 3. The summed E-state index contributed by atoms with van der Waals surface area (Å²) >= 11 is 0. The maximum atomic E-state index is 14.7. The molecule has 1 aromatic carbocycles. The molecule has 0 spiro atoms. The Labute approximate surface area is 227 Å². The van der Waals surface area contributed by atoms with E-state index in [0.717, 1.165) is 23.1 Å². The summed E-state index contributed by atoms with van der Waals surface area (Å²) in [4.78, 5) is 27.9. The second kappa shape index (κ2) is 10.1. The van der Waals surface area contributed by atoms with E-state index >= 15 is 0 Å². The average Bonchev–Trinajstić information content (AvgIpc) is 3.06. The first-order chi connectivity index (χ1) is 19.2. The summed E-state index contributed by atoms with van der Waals surface area (Å²) < 4.78 is 64.5. The maximum Gasteiger partial charge on any atom is 0.251 e. The Morgan fingerprint density at radius 1 is 1.18 bits per heavy atom. The van der Waals surface area contributed by atoms with E-state index in [9.17, 15) is 22.0 Å². The summed E-state index contributed by atoms with van der Waals surface area (Å²) in [5, 5.41) is 3.39. The molecule has 2 aliphatic heterocycles. The first-order valence-corrected chi connectivity index (χ1v) is 13.9. The van der Waals surface area contributed by atoms with Crippen LogP contribution in [0.1, 0.15) is 27.2 Å². The Balaban J connectivity index is 1.24. The topological polar surface area (TPSA) is 124 Å². The molecule has 0 fully saturated rings. The molecule has 0 saturated heterocycles. The molecule has 1 N–H and O–H groups in total. The first kappa shape index (κ1) is 26.0. The normalized spacial score (nSPS) is 17.9. The third kappa shape index (κ3) is 4.71. The molecular formula is C27H23F2N5O5S. The predicted molar refractivity (Wildman–Crippen MR) is 140 cm³/mol. The minimum Gasteiger partial charge on any atom is -0.488 e. The van der Waals surface area contributed by atoms with Gasteiger partial charge in [0.1, 0.15) is 18.2 Å². The number of ether oxygens (including phenoxy) is 2. The zero-order chi connectivity index (χ0) is 28.0. The Hall–Kier alpha value is -4.23. The van der Waals surface area contributed by atoms with Crippen molar-refractivity contribution >= 4 is 38.3 Å². The van der Waals surface area contributed by atoms with Crippen LogP contribution in [0.15, 0.2) is 53.7 Å². The lowest BCUT2D eigenvalue weighted by Crippen LogP contribution is -2.30. The van der Waals surface area contributed by atoms with Gasteiger partial charge in [0.2, 0.25) is 15.3 Å². The van der Waals surface area contributed by atoms with Crippen LogP contribution in [0.25, 0.3) is 10.9 Å². The fourth-order valence-corrected chi connectivity index (χ4v) is 5.95. The zero-order valence-electron chi connectivity index (χ0n) is 21.2. The number of carbonyl (C=O) groups is 1. The summed E-state index contributed by atoms with van der Waals surface area (Å²) in [6.07, 6.45) is 3.39. The summed E-state index contributed by atoms with van der Waals surface area (Å²) in [5.74, 6) is 0.322. The van der Waals surface area contributed by atoms with Crippen molar-refractivity contribution in [1.82, 2.24) is 20.3 Å². The second-order valence-electron chi connectivity index (χ2n) is 9.46. The van der Waals surface area contributed by atoms with Crippen molar-refractivity contribution in [2.24, 2.45) is 0 Å². The number of aryl methyl sites for hydroxylation is 1. The molecule has 3 aromatic heterocycles. The number of benzene rings is 1. The molecule has 5 heterocycles. The minimum absolute atomic E-state index is 0.0395. The number of amides is 1. The number of anilines is 2. The van der Waals surface area contributed by atoms with Crippen LogP contribution in [0.5, 0.6) is 5.75 Å².